The van der Waals surface area contributed by atoms with E-state index in [9.17, 15) is 13.6 Å². The molecule has 0 aliphatic carbocycles. The summed E-state index contributed by atoms with van der Waals surface area (Å²) in [7, 11) is 0. The van der Waals surface area contributed by atoms with Crippen LogP contribution in [0, 0.1) is 18.6 Å². The number of nitrogens with one attached hydrogen (secondary N) is 2. The van der Waals surface area contributed by atoms with E-state index in [1.807, 2.05) is 31.2 Å². The zero-order valence-electron chi connectivity index (χ0n) is 18.4. The molecule has 1 aliphatic rings. The monoisotopic (exact) mass is 464 g/mol. The minimum absolute atomic E-state index is 0.283. The summed E-state index contributed by atoms with van der Waals surface area (Å²) in [6, 6.07) is 9.58. The normalized spacial score (nSPS) is 13.9. The maximum atomic E-state index is 13.6. The van der Waals surface area contributed by atoms with Gasteiger partial charge in [-0.3, -0.25) is 0 Å². The van der Waals surface area contributed by atoms with Gasteiger partial charge in [0.2, 0.25) is 0 Å². The van der Waals surface area contributed by atoms with Gasteiger partial charge < -0.3 is 24.8 Å². The number of urea groups is 1. The van der Waals surface area contributed by atoms with Crippen LogP contribution in [0.5, 0.6) is 11.5 Å². The van der Waals surface area contributed by atoms with Crippen LogP contribution >= 0.6 is 0 Å². The highest BCUT2D eigenvalue weighted by Crippen LogP contribution is 2.27. The van der Waals surface area contributed by atoms with E-state index in [2.05, 4.69) is 25.2 Å². The predicted molar refractivity (Wildman–Crippen MR) is 124 cm³/mol. The lowest BCUT2D eigenvalue weighted by Gasteiger charge is -2.36. The van der Waals surface area contributed by atoms with Crippen molar-refractivity contribution in [3.8, 4) is 11.5 Å². The Morgan fingerprint density at radius 2 is 1.68 bits per heavy atom. The molecule has 2 N–H and O–H groups in total. The molecule has 0 radical (unpaired) electrons. The predicted octanol–water partition coefficient (Wildman–Crippen LogP) is 4.69. The van der Waals surface area contributed by atoms with Crippen LogP contribution in [0.15, 0.2) is 55.0 Å². The molecule has 34 heavy (non-hydrogen) atoms. The molecule has 10 heteroatoms. The first kappa shape index (κ1) is 21.6. The van der Waals surface area contributed by atoms with Crippen molar-refractivity contribution in [2.45, 2.75) is 6.92 Å². The van der Waals surface area contributed by atoms with Gasteiger partial charge in [-0.15, -0.1) is 0 Å². The van der Waals surface area contributed by atoms with Gasteiger partial charge in [-0.2, -0.15) is 0 Å². The third kappa shape index (κ3) is 4.47. The molecule has 0 saturated carbocycles. The molecular weight excluding hydrogens is 442 g/mol. The number of carbonyl (C=O) groups is 1. The van der Waals surface area contributed by atoms with Gasteiger partial charge in [-0.1, -0.05) is 0 Å². The van der Waals surface area contributed by atoms with E-state index < -0.39 is 11.6 Å². The van der Waals surface area contributed by atoms with Crippen LogP contribution in [0.25, 0.3) is 10.9 Å². The highest BCUT2D eigenvalue weighted by Gasteiger charge is 2.22. The Labute approximate surface area is 194 Å². The maximum absolute atomic E-state index is 13.6. The van der Waals surface area contributed by atoms with E-state index in [1.54, 1.807) is 17.3 Å². The lowest BCUT2D eigenvalue weighted by atomic mass is 10.2. The molecule has 4 aromatic rings. The van der Waals surface area contributed by atoms with Gasteiger partial charge in [0.1, 0.15) is 11.6 Å². The van der Waals surface area contributed by atoms with E-state index in [0.29, 0.717) is 60.1 Å². The molecule has 0 spiro atoms. The van der Waals surface area contributed by atoms with E-state index in [1.165, 1.54) is 6.20 Å². The van der Waals surface area contributed by atoms with E-state index in [0.717, 1.165) is 17.8 Å². The second-order valence-electron chi connectivity index (χ2n) is 7.98. The van der Waals surface area contributed by atoms with Gasteiger partial charge in [-0.25, -0.2) is 23.5 Å². The zero-order chi connectivity index (χ0) is 23.7. The Kier molecular flexibility index (Phi) is 5.70. The Morgan fingerprint density at radius 1 is 1.00 bits per heavy atom. The number of nitrogens with zero attached hydrogens (tertiary/aromatic N) is 4. The fourth-order valence-corrected chi connectivity index (χ4v) is 3.88. The fraction of sp³-hybridized carbons (Fsp3) is 0.208. The number of ether oxygens (including phenoxy) is 1. The second-order valence-corrected chi connectivity index (χ2v) is 7.98. The van der Waals surface area contributed by atoms with Crippen molar-refractivity contribution in [3.05, 3.63) is 72.4 Å². The molecule has 2 amide bonds. The number of aromatic nitrogens is 3. The lowest BCUT2D eigenvalue weighted by Crippen LogP contribution is -2.50. The van der Waals surface area contributed by atoms with Crippen LogP contribution in [0.1, 0.15) is 5.82 Å². The van der Waals surface area contributed by atoms with Gasteiger partial charge in [0, 0.05) is 49.5 Å². The average Bonchev–Trinajstić information content (AvgIpc) is 3.22. The lowest BCUT2D eigenvalue weighted by molar-refractivity contribution is 0.208. The summed E-state index contributed by atoms with van der Waals surface area (Å²) >= 11 is 0. The average molecular weight is 464 g/mol. The summed E-state index contributed by atoms with van der Waals surface area (Å²) in [4.78, 5) is 27.7. The van der Waals surface area contributed by atoms with Crippen molar-refractivity contribution < 1.29 is 18.3 Å². The first-order chi connectivity index (χ1) is 16.5. The van der Waals surface area contributed by atoms with Crippen molar-refractivity contribution in [2.24, 2.45) is 0 Å². The molecule has 2 aromatic carbocycles. The fourth-order valence-electron chi connectivity index (χ4n) is 3.88. The first-order valence-electron chi connectivity index (χ1n) is 10.8. The number of amides is 2. The van der Waals surface area contributed by atoms with E-state index >= 15 is 0 Å². The Balaban J connectivity index is 1.17. The van der Waals surface area contributed by atoms with Crippen LogP contribution in [0.2, 0.25) is 0 Å². The zero-order valence-corrected chi connectivity index (χ0v) is 18.4. The number of hydrogen-bond donors (Lipinski definition) is 2. The van der Waals surface area contributed by atoms with Crippen LogP contribution in [-0.2, 0) is 0 Å². The molecule has 1 saturated heterocycles. The Bertz CT molecular complexity index is 1320. The topological polar surface area (TPSA) is 86.4 Å². The minimum Gasteiger partial charge on any atom is -0.454 e. The van der Waals surface area contributed by atoms with Gasteiger partial charge >= 0.3 is 6.03 Å². The van der Waals surface area contributed by atoms with Crippen LogP contribution in [0.4, 0.5) is 25.0 Å². The largest absolute Gasteiger partial charge is 0.454 e. The highest BCUT2D eigenvalue weighted by molar-refractivity contribution is 6.01. The number of benzene rings is 2. The summed E-state index contributed by atoms with van der Waals surface area (Å²) in [5.41, 5.74) is 1.86. The van der Waals surface area contributed by atoms with Crippen molar-refractivity contribution in [2.75, 3.05) is 36.4 Å². The number of carbonyl (C=O) groups excluding carboxylic acids is 1. The molecule has 8 nitrogen and oxygen atoms in total. The van der Waals surface area contributed by atoms with E-state index in [-0.39, 0.29) is 6.03 Å². The number of rotatable bonds is 4. The van der Waals surface area contributed by atoms with Gasteiger partial charge in [0.25, 0.3) is 0 Å². The first-order valence-corrected chi connectivity index (χ1v) is 10.8. The van der Waals surface area contributed by atoms with Crippen molar-refractivity contribution in [1.29, 1.82) is 0 Å². The molecule has 0 atom stereocenters. The Morgan fingerprint density at radius 3 is 2.38 bits per heavy atom. The molecule has 1 aliphatic heterocycles. The molecule has 0 bridgehead atoms. The quantitative estimate of drug-likeness (QED) is 0.458. The van der Waals surface area contributed by atoms with Crippen LogP contribution < -0.4 is 15.0 Å². The van der Waals surface area contributed by atoms with Crippen LogP contribution in [0.3, 0.4) is 0 Å². The SMILES string of the molecule is Cc1ncc(Oc2ccc(N3CCN(C(=O)Nc4c[nH]c5cc(F)c(F)cc45)CC3)cc2)cn1. The summed E-state index contributed by atoms with van der Waals surface area (Å²) in [6.45, 7) is 4.18. The summed E-state index contributed by atoms with van der Waals surface area (Å²) in [5, 5.41) is 3.21. The van der Waals surface area contributed by atoms with Gasteiger partial charge in [0.15, 0.2) is 17.4 Å². The molecule has 0 unspecified atom stereocenters. The smallest absolute Gasteiger partial charge is 0.322 e. The molecule has 3 heterocycles. The molecular formula is C24H22F2N6O2. The standard InChI is InChI=1S/C24H22F2N6O2/c1-15-27-12-18(13-28-15)34-17-4-2-16(3-5-17)31-6-8-32(9-7-31)24(33)30-23-14-29-22-11-21(26)20(25)10-19(22)23/h2-5,10-14,29H,6-9H2,1H3,(H,30,33). The van der Waals surface area contributed by atoms with Crippen molar-refractivity contribution in [1.82, 2.24) is 19.9 Å². The van der Waals surface area contributed by atoms with Crippen molar-refractivity contribution in [3.63, 3.8) is 0 Å². The highest BCUT2D eigenvalue weighted by atomic mass is 19.2. The number of aromatic amines is 1. The number of piperazine rings is 1. The number of H-pyrrole nitrogens is 1. The van der Waals surface area contributed by atoms with E-state index in [4.69, 9.17) is 4.74 Å². The van der Waals surface area contributed by atoms with Crippen molar-refractivity contribution >= 4 is 28.3 Å². The number of halogens is 2. The summed E-state index contributed by atoms with van der Waals surface area (Å²) < 4.78 is 32.8. The molecule has 5 rings (SSSR count). The number of hydrogen-bond acceptors (Lipinski definition) is 5. The third-order valence-corrected chi connectivity index (χ3v) is 5.73. The number of fused-ring (bicyclic) bond motifs is 1. The number of anilines is 2. The van der Waals surface area contributed by atoms with Crippen LogP contribution in [-0.4, -0.2) is 52.1 Å². The van der Waals surface area contributed by atoms with Gasteiger partial charge in [0.05, 0.1) is 23.6 Å². The number of aryl methyl sites for hydroxylation is 1. The Hall–Kier alpha value is -4.21. The maximum Gasteiger partial charge on any atom is 0.322 e. The molecule has 1 fully saturated rings. The molecule has 2 aromatic heterocycles. The van der Waals surface area contributed by atoms with Gasteiger partial charge in [-0.05, 0) is 37.3 Å². The summed E-state index contributed by atoms with van der Waals surface area (Å²) in [6.07, 6.45) is 4.79. The molecule has 174 valence electrons. The second kappa shape index (κ2) is 8.97. The summed E-state index contributed by atoms with van der Waals surface area (Å²) in [5.74, 6) is 0.0403. The third-order valence-electron chi connectivity index (χ3n) is 5.73. The minimum atomic E-state index is -0.958.